The Labute approximate surface area is 112 Å². The third kappa shape index (κ3) is 3.82. The third-order valence-electron chi connectivity index (χ3n) is 3.08. The summed E-state index contributed by atoms with van der Waals surface area (Å²) in [6.07, 6.45) is 2.02. The van der Waals surface area contributed by atoms with Gasteiger partial charge in [0, 0.05) is 25.9 Å². The van der Waals surface area contributed by atoms with Gasteiger partial charge in [-0.25, -0.2) is 0 Å². The van der Waals surface area contributed by atoms with Crippen LogP contribution in [0.4, 0.5) is 0 Å². The van der Waals surface area contributed by atoms with Gasteiger partial charge in [-0.3, -0.25) is 9.59 Å². The molecule has 1 aromatic rings. The molecule has 0 saturated heterocycles. The highest BCUT2D eigenvalue weighted by Crippen LogP contribution is 2.10. The number of rotatable bonds is 6. The monoisotopic (exact) mass is 267 g/mol. The number of nitrogens with two attached hydrogens (primary N) is 1. The largest absolute Gasteiger partial charge is 0.396 e. The highest BCUT2D eigenvalue weighted by Gasteiger charge is 2.19. The van der Waals surface area contributed by atoms with Crippen LogP contribution in [-0.2, 0) is 7.05 Å². The van der Waals surface area contributed by atoms with Crippen LogP contribution in [0.2, 0.25) is 0 Å². The van der Waals surface area contributed by atoms with E-state index >= 15 is 0 Å². The number of hydrogen-bond donors (Lipinski definition) is 3. The minimum atomic E-state index is -0.564. The first-order chi connectivity index (χ1) is 8.86. The molecule has 1 rings (SSSR count). The molecule has 0 saturated carbocycles. The minimum Gasteiger partial charge on any atom is -0.396 e. The quantitative estimate of drug-likeness (QED) is 0.689. The number of amides is 2. The van der Waals surface area contributed by atoms with Gasteiger partial charge in [-0.2, -0.15) is 0 Å². The van der Waals surface area contributed by atoms with E-state index in [0.29, 0.717) is 17.7 Å². The Morgan fingerprint density at radius 2 is 2.11 bits per heavy atom. The van der Waals surface area contributed by atoms with Crippen LogP contribution in [0.25, 0.3) is 0 Å². The maximum Gasteiger partial charge on any atom is 0.268 e. The Morgan fingerprint density at radius 3 is 2.53 bits per heavy atom. The number of aromatic nitrogens is 1. The Morgan fingerprint density at radius 1 is 1.47 bits per heavy atom. The highest BCUT2D eigenvalue weighted by atomic mass is 16.3. The molecule has 4 N–H and O–H groups in total. The van der Waals surface area contributed by atoms with Gasteiger partial charge in [0.1, 0.15) is 5.69 Å². The van der Waals surface area contributed by atoms with Crippen LogP contribution >= 0.6 is 0 Å². The molecule has 0 spiro atoms. The molecule has 0 aliphatic carbocycles. The van der Waals surface area contributed by atoms with Crippen molar-refractivity contribution in [3.05, 3.63) is 23.5 Å². The number of primary amides is 1. The van der Waals surface area contributed by atoms with Crippen LogP contribution in [0.1, 0.15) is 41.1 Å². The molecule has 0 aliphatic rings. The zero-order valence-electron chi connectivity index (χ0n) is 11.5. The lowest BCUT2D eigenvalue weighted by atomic mass is 10.0. The van der Waals surface area contributed by atoms with Crippen molar-refractivity contribution in [1.82, 2.24) is 9.88 Å². The van der Waals surface area contributed by atoms with E-state index < -0.39 is 5.91 Å². The standard InChI is InChI=1S/C13H21N3O3/c1-8(2)10(4-5-17)15-13(19)11-6-9(12(14)18)7-16(11)3/h6-8,10,17H,4-5H2,1-3H3,(H2,14,18)(H,15,19). The van der Waals surface area contributed by atoms with Crippen molar-refractivity contribution in [2.45, 2.75) is 26.3 Å². The van der Waals surface area contributed by atoms with Crippen molar-refractivity contribution in [2.75, 3.05) is 6.61 Å². The molecule has 0 aromatic carbocycles. The van der Waals surface area contributed by atoms with Gasteiger partial charge < -0.3 is 20.7 Å². The van der Waals surface area contributed by atoms with Crippen LogP contribution < -0.4 is 11.1 Å². The van der Waals surface area contributed by atoms with E-state index in [0.717, 1.165) is 0 Å². The van der Waals surface area contributed by atoms with E-state index in [9.17, 15) is 9.59 Å². The van der Waals surface area contributed by atoms with Crippen LogP contribution in [-0.4, -0.2) is 34.1 Å². The van der Waals surface area contributed by atoms with Gasteiger partial charge >= 0.3 is 0 Å². The van der Waals surface area contributed by atoms with Crippen molar-refractivity contribution >= 4 is 11.8 Å². The lowest BCUT2D eigenvalue weighted by molar-refractivity contribution is 0.0908. The molecular weight excluding hydrogens is 246 g/mol. The summed E-state index contributed by atoms with van der Waals surface area (Å²) in [6, 6.07) is 1.36. The van der Waals surface area contributed by atoms with E-state index in [1.165, 1.54) is 12.3 Å². The molecule has 106 valence electrons. The molecule has 1 heterocycles. The lowest BCUT2D eigenvalue weighted by Gasteiger charge is -2.21. The summed E-state index contributed by atoms with van der Waals surface area (Å²) in [6.45, 7) is 3.96. The molecule has 1 atom stereocenters. The maximum atomic E-state index is 12.1. The first kappa shape index (κ1) is 15.2. The van der Waals surface area contributed by atoms with Crippen molar-refractivity contribution < 1.29 is 14.7 Å². The Bertz CT molecular complexity index is 466. The Balaban J connectivity index is 2.85. The summed E-state index contributed by atoms with van der Waals surface area (Å²) in [4.78, 5) is 23.2. The second-order valence-corrected chi connectivity index (χ2v) is 4.93. The van der Waals surface area contributed by atoms with E-state index in [-0.39, 0.29) is 24.5 Å². The van der Waals surface area contributed by atoms with E-state index in [2.05, 4.69) is 5.32 Å². The van der Waals surface area contributed by atoms with Gasteiger partial charge in [-0.15, -0.1) is 0 Å². The summed E-state index contributed by atoms with van der Waals surface area (Å²) in [7, 11) is 1.68. The van der Waals surface area contributed by atoms with Crippen LogP contribution in [0.5, 0.6) is 0 Å². The van der Waals surface area contributed by atoms with Crippen LogP contribution in [0.3, 0.4) is 0 Å². The Hall–Kier alpha value is -1.82. The average molecular weight is 267 g/mol. The summed E-state index contributed by atoms with van der Waals surface area (Å²) in [5, 5.41) is 11.8. The molecule has 19 heavy (non-hydrogen) atoms. The summed E-state index contributed by atoms with van der Waals surface area (Å²) >= 11 is 0. The zero-order chi connectivity index (χ0) is 14.6. The fourth-order valence-corrected chi connectivity index (χ4v) is 1.88. The smallest absolute Gasteiger partial charge is 0.268 e. The molecule has 0 radical (unpaired) electrons. The molecule has 1 aromatic heterocycles. The van der Waals surface area contributed by atoms with Gasteiger partial charge in [0.15, 0.2) is 0 Å². The second kappa shape index (κ2) is 6.38. The summed E-state index contributed by atoms with van der Waals surface area (Å²) < 4.78 is 1.56. The molecule has 1 unspecified atom stereocenters. The third-order valence-corrected chi connectivity index (χ3v) is 3.08. The fourth-order valence-electron chi connectivity index (χ4n) is 1.88. The summed E-state index contributed by atoms with van der Waals surface area (Å²) in [5.41, 5.74) is 5.85. The van der Waals surface area contributed by atoms with Crippen molar-refractivity contribution in [2.24, 2.45) is 18.7 Å². The number of aryl methyl sites for hydroxylation is 1. The lowest BCUT2D eigenvalue weighted by Crippen LogP contribution is -2.39. The predicted molar refractivity (Wildman–Crippen MR) is 71.7 cm³/mol. The topological polar surface area (TPSA) is 97.3 Å². The number of nitrogens with one attached hydrogen (secondary N) is 1. The normalized spacial score (nSPS) is 12.5. The molecule has 6 heteroatoms. The predicted octanol–water partition coefficient (Wildman–Crippen LogP) is 0.261. The number of aliphatic hydroxyl groups is 1. The Kier molecular flexibility index (Phi) is 5.11. The number of aliphatic hydroxyl groups excluding tert-OH is 1. The number of carbonyl (C=O) groups is 2. The minimum absolute atomic E-state index is 0.0167. The van der Waals surface area contributed by atoms with Crippen molar-refractivity contribution in [3.63, 3.8) is 0 Å². The van der Waals surface area contributed by atoms with Crippen molar-refractivity contribution in [1.29, 1.82) is 0 Å². The highest BCUT2D eigenvalue weighted by molar-refractivity contribution is 5.98. The van der Waals surface area contributed by atoms with Gasteiger partial charge in [-0.05, 0) is 18.4 Å². The second-order valence-electron chi connectivity index (χ2n) is 4.93. The van der Waals surface area contributed by atoms with Crippen LogP contribution in [0, 0.1) is 5.92 Å². The van der Waals surface area contributed by atoms with E-state index in [1.54, 1.807) is 11.6 Å². The molecule has 0 bridgehead atoms. The number of carbonyl (C=O) groups excluding carboxylic acids is 2. The molecule has 2 amide bonds. The first-order valence-electron chi connectivity index (χ1n) is 6.24. The van der Waals surface area contributed by atoms with Gasteiger partial charge in [0.2, 0.25) is 5.91 Å². The van der Waals surface area contributed by atoms with Crippen LogP contribution in [0.15, 0.2) is 12.3 Å². The van der Waals surface area contributed by atoms with E-state index in [1.807, 2.05) is 13.8 Å². The van der Waals surface area contributed by atoms with Gasteiger partial charge in [0.25, 0.3) is 5.91 Å². The SMILES string of the molecule is CC(C)C(CCO)NC(=O)c1cc(C(N)=O)cn1C. The molecule has 0 fully saturated rings. The van der Waals surface area contributed by atoms with Gasteiger partial charge in [-0.1, -0.05) is 13.8 Å². The maximum absolute atomic E-state index is 12.1. The zero-order valence-corrected chi connectivity index (χ0v) is 11.5. The summed E-state index contributed by atoms with van der Waals surface area (Å²) in [5.74, 6) is -0.625. The number of nitrogens with zero attached hydrogens (tertiary/aromatic N) is 1. The molecule has 0 aliphatic heterocycles. The van der Waals surface area contributed by atoms with Gasteiger partial charge in [0.05, 0.1) is 5.56 Å². The fraction of sp³-hybridized carbons (Fsp3) is 0.538. The molecular formula is C13H21N3O3. The van der Waals surface area contributed by atoms with Crippen molar-refractivity contribution in [3.8, 4) is 0 Å². The molecule has 6 nitrogen and oxygen atoms in total. The van der Waals surface area contributed by atoms with E-state index in [4.69, 9.17) is 10.8 Å². The first-order valence-corrected chi connectivity index (χ1v) is 6.24. The average Bonchev–Trinajstić information content (AvgIpc) is 2.70. The number of hydrogen-bond acceptors (Lipinski definition) is 3.